The van der Waals surface area contributed by atoms with Gasteiger partial charge in [0, 0.05) is 38.6 Å². The van der Waals surface area contributed by atoms with E-state index in [2.05, 4.69) is 10.00 Å². The average molecular weight is 669 g/mol. The Bertz CT molecular complexity index is 1980. The third-order valence-corrected chi connectivity index (χ3v) is 10.7. The van der Waals surface area contributed by atoms with Crippen molar-refractivity contribution in [1.82, 2.24) is 29.5 Å². The molecule has 0 saturated carbocycles. The molecule has 13 heteroatoms. The summed E-state index contributed by atoms with van der Waals surface area (Å²) in [5.41, 5.74) is 2.97. The van der Waals surface area contributed by atoms with Gasteiger partial charge in [-0.2, -0.15) is 15.1 Å². The molecular formula is C36H41FN8O4. The van der Waals surface area contributed by atoms with E-state index in [1.54, 1.807) is 37.2 Å². The highest BCUT2D eigenvalue weighted by atomic mass is 19.1. The van der Waals surface area contributed by atoms with Crippen molar-refractivity contribution in [1.29, 1.82) is 0 Å². The van der Waals surface area contributed by atoms with Crippen LogP contribution < -0.4 is 14.5 Å². The fourth-order valence-corrected chi connectivity index (χ4v) is 8.32. The number of fused-ring (bicyclic) bond motifs is 4. The van der Waals surface area contributed by atoms with Gasteiger partial charge < -0.3 is 24.5 Å². The maximum absolute atomic E-state index is 15.1. The van der Waals surface area contributed by atoms with Crippen LogP contribution in [-0.2, 0) is 26.1 Å². The maximum atomic E-state index is 15.1. The average Bonchev–Trinajstić information content (AvgIpc) is 3.83. The van der Waals surface area contributed by atoms with Crippen molar-refractivity contribution in [3.8, 4) is 11.8 Å². The van der Waals surface area contributed by atoms with Crippen LogP contribution in [0.5, 0.6) is 11.8 Å². The van der Waals surface area contributed by atoms with Gasteiger partial charge in [-0.15, -0.1) is 0 Å². The quantitative estimate of drug-likeness (QED) is 0.303. The summed E-state index contributed by atoms with van der Waals surface area (Å²) >= 11 is 0. The first-order valence-corrected chi connectivity index (χ1v) is 17.2. The lowest BCUT2D eigenvalue weighted by Gasteiger charge is -2.31. The number of hydrogen-bond acceptors (Lipinski definition) is 9. The van der Waals surface area contributed by atoms with Crippen molar-refractivity contribution in [2.75, 3.05) is 50.1 Å². The number of benzene rings is 2. The Morgan fingerprint density at radius 1 is 1.04 bits per heavy atom. The molecule has 1 N–H and O–H groups in total. The van der Waals surface area contributed by atoms with E-state index >= 15 is 4.39 Å². The van der Waals surface area contributed by atoms with Gasteiger partial charge in [0.25, 0.3) is 11.8 Å². The largest absolute Gasteiger partial charge is 0.508 e. The van der Waals surface area contributed by atoms with Gasteiger partial charge in [0.1, 0.15) is 29.6 Å². The molecule has 8 rings (SSSR count). The van der Waals surface area contributed by atoms with Crippen molar-refractivity contribution in [2.45, 2.75) is 70.6 Å². The summed E-state index contributed by atoms with van der Waals surface area (Å²) in [5, 5.41) is 16.6. The van der Waals surface area contributed by atoms with Crippen LogP contribution in [0.1, 0.15) is 76.8 Å². The molecule has 2 aromatic carbocycles. The number of halogens is 1. The molecule has 6 heterocycles. The number of nitrogens with zero attached hydrogens (tertiary/aromatic N) is 8. The molecule has 2 amide bonds. The van der Waals surface area contributed by atoms with Crippen LogP contribution in [0.4, 0.5) is 15.9 Å². The van der Waals surface area contributed by atoms with Crippen molar-refractivity contribution < 1.29 is 23.8 Å². The van der Waals surface area contributed by atoms with Crippen molar-refractivity contribution in [3.05, 3.63) is 64.4 Å². The van der Waals surface area contributed by atoms with E-state index in [1.165, 1.54) is 17.0 Å². The van der Waals surface area contributed by atoms with E-state index in [-0.39, 0.29) is 41.5 Å². The van der Waals surface area contributed by atoms with E-state index in [0.29, 0.717) is 83.9 Å². The highest BCUT2D eigenvalue weighted by Crippen LogP contribution is 2.42. The number of aromatic hydroxyl groups is 1. The molecule has 0 aliphatic carbocycles. The predicted molar refractivity (Wildman–Crippen MR) is 182 cm³/mol. The molecule has 2 fully saturated rings. The Kier molecular flexibility index (Phi) is 7.69. The minimum atomic E-state index is -0.359. The molecule has 0 bridgehead atoms. The number of phenolic OH excluding ortho intramolecular Hbond substituents is 1. The topological polar surface area (TPSA) is 120 Å². The fraction of sp³-hybridized carbons (Fsp3) is 0.472. The molecule has 256 valence electrons. The predicted octanol–water partition coefficient (Wildman–Crippen LogP) is 4.51. The summed E-state index contributed by atoms with van der Waals surface area (Å²) in [7, 11) is 3.40. The Morgan fingerprint density at radius 3 is 2.59 bits per heavy atom. The van der Waals surface area contributed by atoms with Crippen molar-refractivity contribution in [2.24, 2.45) is 0 Å². The zero-order valence-corrected chi connectivity index (χ0v) is 28.2. The minimum absolute atomic E-state index is 0.0176. The lowest BCUT2D eigenvalue weighted by atomic mass is 9.95. The number of amides is 2. The van der Waals surface area contributed by atoms with E-state index in [0.717, 1.165) is 44.5 Å². The normalized spacial score (nSPS) is 18.5. The van der Waals surface area contributed by atoms with Crippen molar-refractivity contribution in [3.63, 3.8) is 0 Å². The van der Waals surface area contributed by atoms with Crippen LogP contribution in [0.15, 0.2) is 30.3 Å². The molecule has 2 saturated heterocycles. The molecule has 0 unspecified atom stereocenters. The molecule has 12 nitrogen and oxygen atoms in total. The van der Waals surface area contributed by atoms with E-state index in [1.807, 2.05) is 16.5 Å². The molecular weight excluding hydrogens is 627 g/mol. The summed E-state index contributed by atoms with van der Waals surface area (Å²) < 4.78 is 23.4. The van der Waals surface area contributed by atoms with Crippen LogP contribution in [0.25, 0.3) is 10.8 Å². The van der Waals surface area contributed by atoms with Crippen LogP contribution >= 0.6 is 0 Å². The summed E-state index contributed by atoms with van der Waals surface area (Å²) in [6.07, 6.45) is 5.55. The van der Waals surface area contributed by atoms with Gasteiger partial charge in [0.2, 0.25) is 0 Å². The third kappa shape index (κ3) is 5.25. The number of carbonyl (C=O) groups is 2. The first-order chi connectivity index (χ1) is 23.7. The molecule has 4 aromatic rings. The first-order valence-electron chi connectivity index (χ1n) is 17.2. The summed E-state index contributed by atoms with van der Waals surface area (Å²) in [5.74, 6) is -0.419. The Morgan fingerprint density at radius 2 is 1.84 bits per heavy atom. The Balaban J connectivity index is 1.21. The van der Waals surface area contributed by atoms with Gasteiger partial charge in [0.05, 0.1) is 35.7 Å². The number of carbonyl (C=O) groups excluding carboxylic acids is 2. The molecule has 4 aliphatic rings. The molecule has 4 aliphatic heterocycles. The lowest BCUT2D eigenvalue weighted by Crippen LogP contribution is -2.43. The summed E-state index contributed by atoms with van der Waals surface area (Å²) in [6, 6.07) is 8.17. The van der Waals surface area contributed by atoms with Crippen LogP contribution in [0.3, 0.4) is 0 Å². The molecule has 2 aromatic heterocycles. The molecule has 0 radical (unpaired) electrons. The lowest BCUT2D eigenvalue weighted by molar-refractivity contribution is 0.0820. The number of hydrogen-bond donors (Lipinski definition) is 1. The second-order valence-electron chi connectivity index (χ2n) is 13.9. The minimum Gasteiger partial charge on any atom is -0.508 e. The zero-order valence-electron chi connectivity index (χ0n) is 28.2. The van der Waals surface area contributed by atoms with Gasteiger partial charge >= 0.3 is 6.01 Å². The summed E-state index contributed by atoms with van der Waals surface area (Å²) in [6.45, 7) is 6.19. The van der Waals surface area contributed by atoms with Gasteiger partial charge in [-0.25, -0.2) is 4.39 Å². The van der Waals surface area contributed by atoms with Gasteiger partial charge in [0.15, 0.2) is 5.69 Å². The SMILES string of the molecule is CCc1c(F)ccc2cc(O)cc(N3Cc4nc(OCC56CCCN5CCC6)nc(N5CCCn6nc(C(=O)N(C)C)cc6C5)c4C3=O)c12. The molecule has 0 spiro atoms. The molecule has 0 atom stereocenters. The van der Waals surface area contributed by atoms with Crippen LogP contribution in [0.2, 0.25) is 0 Å². The van der Waals surface area contributed by atoms with Gasteiger partial charge in [-0.3, -0.25) is 19.2 Å². The Hall–Kier alpha value is -4.78. The highest BCUT2D eigenvalue weighted by Gasteiger charge is 2.45. The van der Waals surface area contributed by atoms with Gasteiger partial charge in [-0.1, -0.05) is 13.0 Å². The van der Waals surface area contributed by atoms with Crippen LogP contribution in [-0.4, -0.2) is 92.3 Å². The number of phenols is 1. The third-order valence-electron chi connectivity index (χ3n) is 10.7. The monoisotopic (exact) mass is 668 g/mol. The molecule has 49 heavy (non-hydrogen) atoms. The van der Waals surface area contributed by atoms with E-state index in [9.17, 15) is 14.7 Å². The highest BCUT2D eigenvalue weighted by molar-refractivity contribution is 6.16. The standard InChI is InChI=1S/C36H41FN8O4/c1-4-25-26(37)9-8-22-16-24(46)18-29(30(22)25)44-20-28-31(34(44)48)32(39-35(38-28)49-21-36-10-5-13-43(36)14-6-11-36)42-12-7-15-45-23(19-42)17-27(40-45)33(47)41(2)3/h8-9,16-18,46H,4-7,10-15,19-21H2,1-3H3. The Labute approximate surface area is 284 Å². The van der Waals surface area contributed by atoms with E-state index < -0.39 is 0 Å². The first kappa shape index (κ1) is 31.5. The summed E-state index contributed by atoms with van der Waals surface area (Å²) in [4.78, 5) is 44.7. The van der Waals surface area contributed by atoms with E-state index in [4.69, 9.17) is 14.7 Å². The number of anilines is 2. The number of ether oxygens (including phenoxy) is 1. The maximum Gasteiger partial charge on any atom is 0.318 e. The number of aryl methyl sites for hydroxylation is 2. The van der Waals surface area contributed by atoms with Crippen LogP contribution in [0, 0.1) is 5.82 Å². The second-order valence-corrected chi connectivity index (χ2v) is 13.9. The van der Waals surface area contributed by atoms with Crippen molar-refractivity contribution >= 4 is 34.1 Å². The smallest absolute Gasteiger partial charge is 0.318 e. The number of rotatable bonds is 7. The number of aromatic nitrogens is 4. The second kappa shape index (κ2) is 12.0. The zero-order chi connectivity index (χ0) is 34.0. The fourth-order valence-electron chi connectivity index (χ4n) is 8.32. The van der Waals surface area contributed by atoms with Gasteiger partial charge in [-0.05, 0) is 80.8 Å².